The van der Waals surface area contributed by atoms with Crippen molar-refractivity contribution in [1.82, 2.24) is 0 Å². The number of nitrogens with one attached hydrogen (secondary N) is 2. The Hall–Kier alpha value is -3.20. The molecule has 6 nitrogen and oxygen atoms in total. The van der Waals surface area contributed by atoms with Crippen molar-refractivity contribution in [2.45, 2.75) is 0 Å². The normalized spacial score (nSPS) is 9.52. The number of hydrogen-bond acceptors (Lipinski definition) is 4. The van der Waals surface area contributed by atoms with Crippen LogP contribution in [0.2, 0.25) is 0 Å². The largest absolute Gasteiger partial charge is 0.497 e. The number of nitriles is 1. The summed E-state index contributed by atoms with van der Waals surface area (Å²) in [5, 5.41) is 14.3. The molecule has 2 amide bonds. The molecule has 0 spiro atoms. The summed E-state index contributed by atoms with van der Waals surface area (Å²) in [4.78, 5) is 11.9. The standard InChI is InChI=1S/C15H14N4O2/c1-21-13-5-3-12(4-6-13)18-15(20)19-14-7-2-11(17)8-10(14)9-16/h2-8H,17H2,1H3,(H2,18,19,20). The fraction of sp³-hybridized carbons (Fsp3) is 0.0667. The Morgan fingerprint density at radius 2 is 1.90 bits per heavy atom. The minimum absolute atomic E-state index is 0.305. The minimum Gasteiger partial charge on any atom is -0.497 e. The molecule has 0 radical (unpaired) electrons. The smallest absolute Gasteiger partial charge is 0.323 e. The van der Waals surface area contributed by atoms with Gasteiger partial charge >= 0.3 is 6.03 Å². The van der Waals surface area contributed by atoms with E-state index in [0.717, 1.165) is 0 Å². The SMILES string of the molecule is COc1ccc(NC(=O)Nc2ccc(N)cc2C#N)cc1. The van der Waals surface area contributed by atoms with Gasteiger partial charge in [0, 0.05) is 11.4 Å². The fourth-order valence-corrected chi connectivity index (χ4v) is 1.72. The number of benzene rings is 2. The number of ether oxygens (including phenoxy) is 1. The summed E-state index contributed by atoms with van der Waals surface area (Å²) in [6.07, 6.45) is 0. The quantitative estimate of drug-likeness (QED) is 0.753. The predicted octanol–water partition coefficient (Wildman–Crippen LogP) is 2.79. The van der Waals surface area contributed by atoms with Crippen molar-refractivity contribution in [3.05, 3.63) is 48.0 Å². The fourth-order valence-electron chi connectivity index (χ4n) is 1.72. The Labute approximate surface area is 122 Å². The maximum atomic E-state index is 11.9. The van der Waals surface area contributed by atoms with Crippen LogP contribution in [0, 0.1) is 11.3 Å². The lowest BCUT2D eigenvalue weighted by Gasteiger charge is -2.09. The average molecular weight is 282 g/mol. The molecule has 0 unspecified atom stereocenters. The predicted molar refractivity (Wildman–Crippen MR) is 81.2 cm³/mol. The minimum atomic E-state index is -0.443. The molecule has 0 atom stereocenters. The average Bonchev–Trinajstić information content (AvgIpc) is 2.49. The van der Waals surface area contributed by atoms with E-state index in [1.54, 1.807) is 43.5 Å². The van der Waals surface area contributed by atoms with Crippen LogP contribution in [-0.2, 0) is 0 Å². The second kappa shape index (κ2) is 6.30. The van der Waals surface area contributed by atoms with Gasteiger partial charge in [-0.2, -0.15) is 5.26 Å². The van der Waals surface area contributed by atoms with Gasteiger partial charge in [-0.05, 0) is 42.5 Å². The topological polar surface area (TPSA) is 100 Å². The molecule has 106 valence electrons. The van der Waals surface area contributed by atoms with Gasteiger partial charge in [0.15, 0.2) is 0 Å². The summed E-state index contributed by atoms with van der Waals surface area (Å²) in [6.45, 7) is 0. The lowest BCUT2D eigenvalue weighted by Crippen LogP contribution is -2.20. The molecule has 4 N–H and O–H groups in total. The Morgan fingerprint density at radius 1 is 1.19 bits per heavy atom. The highest BCUT2D eigenvalue weighted by molar-refractivity contribution is 6.00. The van der Waals surface area contributed by atoms with Gasteiger partial charge in [0.1, 0.15) is 11.8 Å². The second-order valence-corrected chi connectivity index (χ2v) is 4.22. The van der Waals surface area contributed by atoms with E-state index in [9.17, 15) is 4.79 Å². The summed E-state index contributed by atoms with van der Waals surface area (Å²) in [6, 6.07) is 13.1. The number of rotatable bonds is 3. The van der Waals surface area contributed by atoms with Crippen molar-refractivity contribution in [1.29, 1.82) is 5.26 Å². The molecule has 2 aromatic carbocycles. The van der Waals surface area contributed by atoms with Crippen molar-refractivity contribution in [2.75, 3.05) is 23.5 Å². The molecule has 21 heavy (non-hydrogen) atoms. The molecule has 0 aliphatic carbocycles. The van der Waals surface area contributed by atoms with Crippen LogP contribution in [0.4, 0.5) is 21.9 Å². The number of nitrogens with zero attached hydrogens (tertiary/aromatic N) is 1. The molecule has 0 aromatic heterocycles. The summed E-state index contributed by atoms with van der Waals surface area (Å²) in [5.74, 6) is 0.700. The number of amides is 2. The molecule has 0 fully saturated rings. The summed E-state index contributed by atoms with van der Waals surface area (Å²) < 4.78 is 5.04. The number of carbonyl (C=O) groups is 1. The van der Waals surface area contributed by atoms with Crippen molar-refractivity contribution in [3.63, 3.8) is 0 Å². The first-order valence-corrected chi connectivity index (χ1v) is 6.14. The van der Waals surface area contributed by atoms with E-state index < -0.39 is 6.03 Å². The second-order valence-electron chi connectivity index (χ2n) is 4.22. The third-order valence-electron chi connectivity index (χ3n) is 2.76. The molecule has 6 heteroatoms. The van der Waals surface area contributed by atoms with E-state index in [4.69, 9.17) is 15.7 Å². The van der Waals surface area contributed by atoms with Crippen LogP contribution in [0.3, 0.4) is 0 Å². The van der Waals surface area contributed by atoms with Gasteiger partial charge in [0.25, 0.3) is 0 Å². The van der Waals surface area contributed by atoms with Crippen LogP contribution in [0.5, 0.6) is 5.75 Å². The van der Waals surface area contributed by atoms with E-state index in [2.05, 4.69) is 10.6 Å². The zero-order valence-electron chi connectivity index (χ0n) is 11.4. The molecular weight excluding hydrogens is 268 g/mol. The molecule has 0 aliphatic heterocycles. The van der Waals surface area contributed by atoms with E-state index >= 15 is 0 Å². The number of urea groups is 1. The van der Waals surface area contributed by atoms with Gasteiger partial charge in [-0.25, -0.2) is 4.79 Å². The third-order valence-corrected chi connectivity index (χ3v) is 2.76. The van der Waals surface area contributed by atoms with E-state index in [-0.39, 0.29) is 0 Å². The molecule has 0 saturated carbocycles. The number of nitrogen functional groups attached to an aromatic ring is 1. The number of methoxy groups -OCH3 is 1. The van der Waals surface area contributed by atoms with Gasteiger partial charge in [-0.1, -0.05) is 0 Å². The number of anilines is 3. The molecule has 2 rings (SSSR count). The van der Waals surface area contributed by atoms with Gasteiger partial charge in [0.05, 0.1) is 18.4 Å². The number of carbonyl (C=O) groups excluding carboxylic acids is 1. The maximum Gasteiger partial charge on any atom is 0.323 e. The maximum absolute atomic E-state index is 11.9. The first-order valence-electron chi connectivity index (χ1n) is 6.14. The highest BCUT2D eigenvalue weighted by atomic mass is 16.5. The van der Waals surface area contributed by atoms with Gasteiger partial charge in [0.2, 0.25) is 0 Å². The lowest BCUT2D eigenvalue weighted by atomic mass is 10.2. The molecule has 2 aromatic rings. The Kier molecular flexibility index (Phi) is 4.26. The van der Waals surface area contributed by atoms with E-state index in [1.165, 1.54) is 6.07 Å². The van der Waals surface area contributed by atoms with E-state index in [0.29, 0.717) is 28.4 Å². The molecule has 0 heterocycles. The van der Waals surface area contributed by atoms with Crippen LogP contribution in [0.15, 0.2) is 42.5 Å². The summed E-state index contributed by atoms with van der Waals surface area (Å²) in [5.41, 5.74) is 7.38. The van der Waals surface area contributed by atoms with Crippen molar-refractivity contribution >= 4 is 23.1 Å². The van der Waals surface area contributed by atoms with Gasteiger partial charge in [-0.15, -0.1) is 0 Å². The van der Waals surface area contributed by atoms with Crippen molar-refractivity contribution < 1.29 is 9.53 Å². The lowest BCUT2D eigenvalue weighted by molar-refractivity contribution is 0.262. The zero-order valence-corrected chi connectivity index (χ0v) is 11.4. The van der Waals surface area contributed by atoms with Crippen LogP contribution in [0.1, 0.15) is 5.56 Å². The first kappa shape index (κ1) is 14.2. The van der Waals surface area contributed by atoms with Crippen LogP contribution >= 0.6 is 0 Å². The molecule has 0 aliphatic rings. The molecule has 0 bridgehead atoms. The third kappa shape index (κ3) is 3.64. The highest BCUT2D eigenvalue weighted by Gasteiger charge is 2.07. The van der Waals surface area contributed by atoms with Crippen LogP contribution < -0.4 is 21.1 Å². The Morgan fingerprint density at radius 3 is 2.52 bits per heavy atom. The molecule has 0 saturated heterocycles. The van der Waals surface area contributed by atoms with Crippen molar-refractivity contribution in [3.8, 4) is 11.8 Å². The van der Waals surface area contributed by atoms with Crippen LogP contribution in [0.25, 0.3) is 0 Å². The zero-order chi connectivity index (χ0) is 15.2. The van der Waals surface area contributed by atoms with Crippen LogP contribution in [-0.4, -0.2) is 13.1 Å². The number of hydrogen-bond donors (Lipinski definition) is 3. The summed E-state index contributed by atoms with van der Waals surface area (Å²) >= 11 is 0. The van der Waals surface area contributed by atoms with Crippen molar-refractivity contribution in [2.24, 2.45) is 0 Å². The first-order chi connectivity index (χ1) is 10.1. The highest BCUT2D eigenvalue weighted by Crippen LogP contribution is 2.19. The monoisotopic (exact) mass is 282 g/mol. The molecular formula is C15H14N4O2. The van der Waals surface area contributed by atoms with Gasteiger partial charge < -0.3 is 21.1 Å². The summed E-state index contributed by atoms with van der Waals surface area (Å²) in [7, 11) is 1.57. The Bertz CT molecular complexity index is 690. The van der Waals surface area contributed by atoms with E-state index in [1.807, 2.05) is 6.07 Å². The van der Waals surface area contributed by atoms with Gasteiger partial charge in [-0.3, -0.25) is 0 Å². The Balaban J connectivity index is 2.06. The number of nitrogens with two attached hydrogens (primary N) is 1.